The van der Waals surface area contributed by atoms with Gasteiger partial charge in [-0.05, 0) is 23.4 Å². The van der Waals surface area contributed by atoms with Crippen molar-refractivity contribution in [2.75, 3.05) is 25.6 Å². The first-order chi connectivity index (χ1) is 14.5. The summed E-state index contributed by atoms with van der Waals surface area (Å²) in [5, 5.41) is 11.7. The van der Waals surface area contributed by atoms with Crippen LogP contribution in [0.3, 0.4) is 0 Å². The van der Waals surface area contributed by atoms with E-state index in [2.05, 4.69) is 10.2 Å². The van der Waals surface area contributed by atoms with E-state index in [1.165, 1.54) is 11.3 Å². The summed E-state index contributed by atoms with van der Waals surface area (Å²) in [5.41, 5.74) is 1.04. The smallest absolute Gasteiger partial charge is 0.229 e. The molecule has 1 fully saturated rings. The minimum absolute atomic E-state index is 0.0361. The maximum atomic E-state index is 13.1. The largest absolute Gasteiger partial charge is 0.496 e. The molecule has 0 aliphatic carbocycles. The SMILES string of the molecule is CCc1nnc(N2CC(C(=O)N(C)Cc3ccc(OC)c4ccccc34)CC2=O)s1. The summed E-state index contributed by atoms with van der Waals surface area (Å²) in [7, 11) is 3.44. The number of amides is 2. The first kappa shape index (κ1) is 20.3. The van der Waals surface area contributed by atoms with Crippen LogP contribution in [-0.2, 0) is 22.6 Å². The van der Waals surface area contributed by atoms with Crippen LogP contribution in [0.25, 0.3) is 10.8 Å². The van der Waals surface area contributed by atoms with Crippen molar-refractivity contribution >= 4 is 39.1 Å². The number of carbonyl (C=O) groups is 2. The van der Waals surface area contributed by atoms with Crippen LogP contribution in [-0.4, -0.2) is 47.6 Å². The quantitative estimate of drug-likeness (QED) is 0.607. The lowest BCUT2D eigenvalue weighted by molar-refractivity contribution is -0.135. The highest BCUT2D eigenvalue weighted by Crippen LogP contribution is 2.31. The van der Waals surface area contributed by atoms with Gasteiger partial charge in [0.2, 0.25) is 16.9 Å². The molecule has 156 valence electrons. The number of benzene rings is 2. The third-order valence-corrected chi connectivity index (χ3v) is 6.53. The lowest BCUT2D eigenvalue weighted by Crippen LogP contribution is -2.34. The summed E-state index contributed by atoms with van der Waals surface area (Å²) < 4.78 is 5.46. The zero-order valence-electron chi connectivity index (χ0n) is 17.3. The standard InChI is InChI=1S/C22H24N4O3S/c1-4-19-23-24-22(30-19)26-13-15(11-20(26)27)21(28)25(2)12-14-9-10-18(29-3)17-8-6-5-7-16(14)17/h5-10,15H,4,11-13H2,1-3H3. The van der Waals surface area contributed by atoms with Crippen molar-refractivity contribution in [3.63, 3.8) is 0 Å². The van der Waals surface area contributed by atoms with Gasteiger partial charge in [0.15, 0.2) is 0 Å². The lowest BCUT2D eigenvalue weighted by Gasteiger charge is -2.22. The first-order valence-electron chi connectivity index (χ1n) is 9.94. The fourth-order valence-electron chi connectivity index (χ4n) is 3.85. The second-order valence-corrected chi connectivity index (χ2v) is 8.44. The minimum atomic E-state index is -0.374. The number of aryl methyl sites for hydroxylation is 1. The van der Waals surface area contributed by atoms with E-state index >= 15 is 0 Å². The van der Waals surface area contributed by atoms with Crippen LogP contribution in [0.1, 0.15) is 23.9 Å². The molecule has 2 aromatic carbocycles. The molecule has 1 aliphatic heterocycles. The highest BCUT2D eigenvalue weighted by Gasteiger charge is 2.38. The van der Waals surface area contributed by atoms with Gasteiger partial charge in [0, 0.05) is 31.9 Å². The van der Waals surface area contributed by atoms with Gasteiger partial charge in [0.1, 0.15) is 10.8 Å². The molecule has 1 saturated heterocycles. The van der Waals surface area contributed by atoms with E-state index in [1.807, 2.05) is 43.3 Å². The number of hydrogen-bond acceptors (Lipinski definition) is 6. The molecule has 1 aromatic heterocycles. The van der Waals surface area contributed by atoms with Crippen LogP contribution >= 0.6 is 11.3 Å². The second-order valence-electron chi connectivity index (χ2n) is 7.40. The molecule has 0 N–H and O–H groups in total. The zero-order valence-corrected chi connectivity index (χ0v) is 18.1. The Morgan fingerprint density at radius 2 is 2.00 bits per heavy atom. The van der Waals surface area contributed by atoms with Gasteiger partial charge in [0.05, 0.1) is 13.0 Å². The van der Waals surface area contributed by atoms with Crippen molar-refractivity contribution in [2.45, 2.75) is 26.3 Å². The lowest BCUT2D eigenvalue weighted by atomic mass is 10.0. The number of methoxy groups -OCH3 is 1. The van der Waals surface area contributed by atoms with Gasteiger partial charge < -0.3 is 9.64 Å². The van der Waals surface area contributed by atoms with E-state index in [0.717, 1.165) is 33.5 Å². The van der Waals surface area contributed by atoms with Crippen molar-refractivity contribution in [1.82, 2.24) is 15.1 Å². The minimum Gasteiger partial charge on any atom is -0.496 e. The Hall–Kier alpha value is -3.00. The summed E-state index contributed by atoms with van der Waals surface area (Å²) in [6, 6.07) is 11.9. The zero-order chi connectivity index (χ0) is 21.3. The molecule has 0 spiro atoms. The second kappa shape index (κ2) is 8.39. The van der Waals surface area contributed by atoms with Gasteiger partial charge in [-0.2, -0.15) is 0 Å². The van der Waals surface area contributed by atoms with Gasteiger partial charge in [-0.15, -0.1) is 10.2 Å². The summed E-state index contributed by atoms with van der Waals surface area (Å²) in [6.07, 6.45) is 0.980. The molecule has 4 rings (SSSR count). The highest BCUT2D eigenvalue weighted by atomic mass is 32.1. The Kier molecular flexibility index (Phi) is 5.67. The maximum absolute atomic E-state index is 13.1. The molecule has 7 nitrogen and oxygen atoms in total. The number of aromatic nitrogens is 2. The van der Waals surface area contributed by atoms with E-state index in [1.54, 1.807) is 24.0 Å². The molecule has 8 heteroatoms. The summed E-state index contributed by atoms with van der Waals surface area (Å²) in [6.45, 7) is 2.82. The van der Waals surface area contributed by atoms with Gasteiger partial charge in [-0.25, -0.2) is 0 Å². The van der Waals surface area contributed by atoms with Crippen molar-refractivity contribution in [1.29, 1.82) is 0 Å². The monoisotopic (exact) mass is 424 g/mol. The molecular weight excluding hydrogens is 400 g/mol. The van der Waals surface area contributed by atoms with E-state index in [-0.39, 0.29) is 24.2 Å². The number of rotatable bonds is 6. The molecule has 1 unspecified atom stereocenters. The van der Waals surface area contributed by atoms with Crippen LogP contribution in [0.2, 0.25) is 0 Å². The first-order valence-corrected chi connectivity index (χ1v) is 10.8. The van der Waals surface area contributed by atoms with E-state index in [9.17, 15) is 9.59 Å². The third-order valence-electron chi connectivity index (χ3n) is 5.44. The number of fused-ring (bicyclic) bond motifs is 1. The topological polar surface area (TPSA) is 75.6 Å². The molecule has 1 aliphatic rings. The van der Waals surface area contributed by atoms with Crippen molar-refractivity contribution in [3.8, 4) is 5.75 Å². The maximum Gasteiger partial charge on any atom is 0.229 e. The van der Waals surface area contributed by atoms with E-state index < -0.39 is 0 Å². The Balaban J connectivity index is 1.49. The summed E-state index contributed by atoms with van der Waals surface area (Å²) >= 11 is 1.41. The van der Waals surface area contributed by atoms with Crippen LogP contribution in [0, 0.1) is 5.92 Å². The molecule has 0 bridgehead atoms. The molecule has 0 saturated carbocycles. The molecule has 3 aromatic rings. The Morgan fingerprint density at radius 3 is 2.70 bits per heavy atom. The highest BCUT2D eigenvalue weighted by molar-refractivity contribution is 7.15. The number of hydrogen-bond donors (Lipinski definition) is 0. The summed E-state index contributed by atoms with van der Waals surface area (Å²) in [5.74, 6) is 0.325. The van der Waals surface area contributed by atoms with Gasteiger partial charge >= 0.3 is 0 Å². The average molecular weight is 425 g/mol. The van der Waals surface area contributed by atoms with Crippen molar-refractivity contribution in [2.24, 2.45) is 5.92 Å². The molecule has 0 radical (unpaired) electrons. The third kappa shape index (κ3) is 3.75. The number of nitrogens with zero attached hydrogens (tertiary/aromatic N) is 4. The fourth-order valence-corrected chi connectivity index (χ4v) is 4.65. The molecular formula is C22H24N4O3S. The summed E-state index contributed by atoms with van der Waals surface area (Å²) in [4.78, 5) is 28.9. The number of anilines is 1. The van der Waals surface area contributed by atoms with Gasteiger partial charge in [-0.1, -0.05) is 48.6 Å². The predicted molar refractivity (Wildman–Crippen MR) is 117 cm³/mol. The van der Waals surface area contributed by atoms with Crippen LogP contribution in [0.4, 0.5) is 5.13 Å². The van der Waals surface area contributed by atoms with E-state index in [0.29, 0.717) is 18.2 Å². The molecule has 2 amide bonds. The number of carbonyl (C=O) groups excluding carboxylic acids is 2. The molecule has 1 atom stereocenters. The molecule has 2 heterocycles. The van der Waals surface area contributed by atoms with Crippen LogP contribution < -0.4 is 9.64 Å². The average Bonchev–Trinajstić information content (AvgIpc) is 3.39. The number of ether oxygens (including phenoxy) is 1. The van der Waals surface area contributed by atoms with Crippen LogP contribution in [0.15, 0.2) is 36.4 Å². The van der Waals surface area contributed by atoms with Crippen LogP contribution in [0.5, 0.6) is 5.75 Å². The van der Waals surface area contributed by atoms with E-state index in [4.69, 9.17) is 4.74 Å². The predicted octanol–water partition coefficient (Wildman–Crippen LogP) is 3.27. The Bertz CT molecular complexity index is 1100. The van der Waals surface area contributed by atoms with Gasteiger partial charge in [-0.3, -0.25) is 14.5 Å². The normalized spacial score (nSPS) is 16.3. The van der Waals surface area contributed by atoms with Crippen molar-refractivity contribution in [3.05, 3.63) is 47.0 Å². The fraction of sp³-hybridized carbons (Fsp3) is 0.364. The Labute approximate surface area is 179 Å². The molecule has 30 heavy (non-hydrogen) atoms. The Morgan fingerprint density at radius 1 is 1.23 bits per heavy atom. The van der Waals surface area contributed by atoms with Gasteiger partial charge in [0.25, 0.3) is 0 Å². The van der Waals surface area contributed by atoms with Crippen molar-refractivity contribution < 1.29 is 14.3 Å².